The standard InChI is InChI=1S/C21H19NO/c1-23-20-14-8-13-19(15-20)21(18-11-6-3-7-12-18)22-16-17-9-4-2-5-10-17/h2-15H,16H2,1H3. The van der Waals surface area contributed by atoms with Crippen LogP contribution < -0.4 is 4.74 Å². The number of hydrogen-bond acceptors (Lipinski definition) is 2. The van der Waals surface area contributed by atoms with Gasteiger partial charge in [-0.1, -0.05) is 72.8 Å². The molecule has 23 heavy (non-hydrogen) atoms. The fourth-order valence-electron chi connectivity index (χ4n) is 2.47. The molecule has 0 amide bonds. The third kappa shape index (κ3) is 3.86. The van der Waals surface area contributed by atoms with Crippen molar-refractivity contribution in [3.05, 3.63) is 102 Å². The number of ether oxygens (including phenoxy) is 1. The van der Waals surface area contributed by atoms with Crippen molar-refractivity contribution in [2.45, 2.75) is 6.54 Å². The predicted octanol–water partition coefficient (Wildman–Crippen LogP) is 4.73. The number of nitrogens with zero attached hydrogens (tertiary/aromatic N) is 1. The Morgan fingerprint density at radius 3 is 2.13 bits per heavy atom. The molecule has 0 aliphatic rings. The summed E-state index contributed by atoms with van der Waals surface area (Å²) in [5.41, 5.74) is 4.35. The molecule has 3 rings (SSSR count). The summed E-state index contributed by atoms with van der Waals surface area (Å²) in [4.78, 5) is 4.87. The van der Waals surface area contributed by atoms with E-state index in [1.165, 1.54) is 5.56 Å². The molecule has 114 valence electrons. The number of benzene rings is 3. The van der Waals surface area contributed by atoms with Gasteiger partial charge in [0, 0.05) is 11.1 Å². The normalized spacial score (nSPS) is 11.3. The Labute approximate surface area is 137 Å². The van der Waals surface area contributed by atoms with E-state index < -0.39 is 0 Å². The monoisotopic (exact) mass is 301 g/mol. The molecular formula is C21H19NO. The first-order valence-corrected chi connectivity index (χ1v) is 7.65. The summed E-state index contributed by atoms with van der Waals surface area (Å²) in [6, 6.07) is 28.6. The highest BCUT2D eigenvalue weighted by Crippen LogP contribution is 2.18. The topological polar surface area (TPSA) is 21.6 Å². The first-order valence-electron chi connectivity index (χ1n) is 7.65. The molecule has 0 heterocycles. The van der Waals surface area contributed by atoms with Gasteiger partial charge in [0.05, 0.1) is 19.4 Å². The molecule has 0 radical (unpaired) electrons. The van der Waals surface area contributed by atoms with E-state index in [-0.39, 0.29) is 0 Å². The van der Waals surface area contributed by atoms with Crippen LogP contribution >= 0.6 is 0 Å². The van der Waals surface area contributed by atoms with Crippen LogP contribution in [-0.4, -0.2) is 12.8 Å². The maximum absolute atomic E-state index is 5.35. The molecule has 0 fully saturated rings. The zero-order valence-corrected chi connectivity index (χ0v) is 13.1. The Hall–Kier alpha value is -2.87. The third-order valence-corrected chi connectivity index (χ3v) is 3.65. The van der Waals surface area contributed by atoms with Gasteiger partial charge in [-0.15, -0.1) is 0 Å². The Balaban J connectivity index is 2.00. The molecule has 2 nitrogen and oxygen atoms in total. The van der Waals surface area contributed by atoms with Crippen LogP contribution in [0.4, 0.5) is 0 Å². The van der Waals surface area contributed by atoms with Gasteiger partial charge in [0.1, 0.15) is 5.75 Å². The highest BCUT2D eigenvalue weighted by Gasteiger charge is 2.07. The fourth-order valence-corrected chi connectivity index (χ4v) is 2.47. The summed E-state index contributed by atoms with van der Waals surface area (Å²) in [6.07, 6.45) is 0. The molecule has 0 aliphatic heterocycles. The van der Waals surface area contributed by atoms with Gasteiger partial charge in [-0.05, 0) is 17.7 Å². The molecule has 0 unspecified atom stereocenters. The first-order chi connectivity index (χ1) is 11.4. The molecule has 0 saturated heterocycles. The molecule has 0 saturated carbocycles. The lowest BCUT2D eigenvalue weighted by Crippen LogP contribution is -2.04. The molecule has 3 aromatic carbocycles. The summed E-state index contributed by atoms with van der Waals surface area (Å²) in [7, 11) is 1.68. The number of methoxy groups -OCH3 is 1. The van der Waals surface area contributed by atoms with E-state index in [0.717, 1.165) is 22.6 Å². The van der Waals surface area contributed by atoms with Gasteiger partial charge in [-0.3, -0.25) is 4.99 Å². The molecule has 0 N–H and O–H groups in total. The van der Waals surface area contributed by atoms with Crippen LogP contribution in [0, 0.1) is 0 Å². The highest BCUT2D eigenvalue weighted by molar-refractivity contribution is 6.13. The van der Waals surface area contributed by atoms with Crippen molar-refractivity contribution in [2.75, 3.05) is 7.11 Å². The lowest BCUT2D eigenvalue weighted by Gasteiger charge is -2.09. The van der Waals surface area contributed by atoms with Crippen LogP contribution in [0.15, 0.2) is 89.9 Å². The van der Waals surface area contributed by atoms with Gasteiger partial charge in [-0.25, -0.2) is 0 Å². The van der Waals surface area contributed by atoms with Crippen molar-refractivity contribution in [2.24, 2.45) is 4.99 Å². The maximum atomic E-state index is 5.35. The van der Waals surface area contributed by atoms with Crippen LogP contribution in [-0.2, 0) is 6.54 Å². The SMILES string of the molecule is COc1cccc(C(=NCc2ccccc2)c2ccccc2)c1. The molecule has 0 aliphatic carbocycles. The van der Waals surface area contributed by atoms with Crippen LogP contribution in [0.3, 0.4) is 0 Å². The zero-order valence-electron chi connectivity index (χ0n) is 13.1. The van der Waals surface area contributed by atoms with Gasteiger partial charge in [0.15, 0.2) is 0 Å². The van der Waals surface area contributed by atoms with Gasteiger partial charge in [0.2, 0.25) is 0 Å². The predicted molar refractivity (Wildman–Crippen MR) is 95.2 cm³/mol. The van der Waals surface area contributed by atoms with Crippen LogP contribution in [0.1, 0.15) is 16.7 Å². The summed E-state index contributed by atoms with van der Waals surface area (Å²) in [6.45, 7) is 0.655. The largest absolute Gasteiger partial charge is 0.497 e. The second-order valence-corrected chi connectivity index (χ2v) is 5.25. The smallest absolute Gasteiger partial charge is 0.119 e. The summed E-state index contributed by atoms with van der Waals surface area (Å²) in [5, 5.41) is 0. The van der Waals surface area contributed by atoms with Gasteiger partial charge >= 0.3 is 0 Å². The van der Waals surface area contributed by atoms with E-state index in [1.807, 2.05) is 54.6 Å². The Kier molecular flexibility index (Phi) is 4.85. The molecule has 3 aromatic rings. The Morgan fingerprint density at radius 2 is 1.43 bits per heavy atom. The van der Waals surface area contributed by atoms with Crippen molar-refractivity contribution >= 4 is 5.71 Å². The Bertz CT molecular complexity index is 779. The Morgan fingerprint density at radius 1 is 0.783 bits per heavy atom. The van der Waals surface area contributed by atoms with E-state index >= 15 is 0 Å². The minimum absolute atomic E-state index is 0.655. The van der Waals surface area contributed by atoms with Crippen molar-refractivity contribution in [3.63, 3.8) is 0 Å². The lowest BCUT2D eigenvalue weighted by molar-refractivity contribution is 0.414. The molecule has 0 aromatic heterocycles. The van der Waals surface area contributed by atoms with Crippen molar-refractivity contribution in [3.8, 4) is 5.75 Å². The molecule has 0 spiro atoms. The van der Waals surface area contributed by atoms with Crippen LogP contribution in [0.5, 0.6) is 5.75 Å². The lowest BCUT2D eigenvalue weighted by atomic mass is 10.0. The fraction of sp³-hybridized carbons (Fsp3) is 0.0952. The average Bonchev–Trinajstić information content (AvgIpc) is 2.64. The number of hydrogen-bond donors (Lipinski definition) is 0. The van der Waals surface area contributed by atoms with E-state index in [4.69, 9.17) is 9.73 Å². The summed E-state index contributed by atoms with van der Waals surface area (Å²) < 4.78 is 5.35. The molecule has 2 heteroatoms. The maximum Gasteiger partial charge on any atom is 0.119 e. The number of aliphatic imine (C=N–C) groups is 1. The molecule has 0 bridgehead atoms. The van der Waals surface area contributed by atoms with Gasteiger partial charge < -0.3 is 4.74 Å². The van der Waals surface area contributed by atoms with Crippen molar-refractivity contribution in [1.82, 2.24) is 0 Å². The van der Waals surface area contributed by atoms with E-state index in [0.29, 0.717) is 6.54 Å². The van der Waals surface area contributed by atoms with Crippen LogP contribution in [0.2, 0.25) is 0 Å². The molecular weight excluding hydrogens is 282 g/mol. The van der Waals surface area contributed by atoms with E-state index in [1.54, 1.807) is 7.11 Å². The zero-order chi connectivity index (χ0) is 15.9. The minimum Gasteiger partial charge on any atom is -0.497 e. The van der Waals surface area contributed by atoms with E-state index in [9.17, 15) is 0 Å². The third-order valence-electron chi connectivity index (χ3n) is 3.65. The molecule has 0 atom stereocenters. The first kappa shape index (κ1) is 15.0. The van der Waals surface area contributed by atoms with Crippen molar-refractivity contribution in [1.29, 1.82) is 0 Å². The second kappa shape index (κ2) is 7.41. The van der Waals surface area contributed by atoms with Crippen LogP contribution in [0.25, 0.3) is 0 Å². The summed E-state index contributed by atoms with van der Waals surface area (Å²) in [5.74, 6) is 0.839. The quantitative estimate of drug-likeness (QED) is 0.624. The summed E-state index contributed by atoms with van der Waals surface area (Å²) >= 11 is 0. The second-order valence-electron chi connectivity index (χ2n) is 5.25. The number of rotatable bonds is 5. The highest BCUT2D eigenvalue weighted by atomic mass is 16.5. The minimum atomic E-state index is 0.655. The average molecular weight is 301 g/mol. The van der Waals surface area contributed by atoms with Gasteiger partial charge in [0.25, 0.3) is 0 Å². The van der Waals surface area contributed by atoms with Crippen molar-refractivity contribution < 1.29 is 4.74 Å². The van der Waals surface area contributed by atoms with Gasteiger partial charge in [-0.2, -0.15) is 0 Å². The van der Waals surface area contributed by atoms with E-state index in [2.05, 4.69) is 30.3 Å².